The van der Waals surface area contributed by atoms with Crippen LogP contribution in [0.25, 0.3) is 21.5 Å². The van der Waals surface area contributed by atoms with Crippen molar-refractivity contribution in [2.24, 2.45) is 0 Å². The number of aliphatic hydroxyl groups is 1. The van der Waals surface area contributed by atoms with Gasteiger partial charge in [0, 0.05) is 11.6 Å². The van der Waals surface area contributed by atoms with Gasteiger partial charge in [-0.2, -0.15) is 0 Å². The number of hydrogen-bond acceptors (Lipinski definition) is 3. The molecule has 0 spiro atoms. The molecule has 0 radical (unpaired) electrons. The number of rotatable bonds is 1. The first-order valence-corrected chi connectivity index (χ1v) is 9.25. The zero-order valence-corrected chi connectivity index (χ0v) is 16.4. The number of halogens is 1. The Morgan fingerprint density at radius 1 is 0.962 bits per heavy atom. The Bertz CT molecular complexity index is 944. The molecule has 2 saturated heterocycles. The van der Waals surface area contributed by atoms with Gasteiger partial charge >= 0.3 is 0 Å². The molecule has 0 bridgehead atoms. The van der Waals surface area contributed by atoms with Gasteiger partial charge in [0.1, 0.15) is 0 Å². The summed E-state index contributed by atoms with van der Waals surface area (Å²) in [7, 11) is 0. The second kappa shape index (κ2) is 6.93. The molecule has 3 aromatic carbocycles. The average Bonchev–Trinajstić information content (AvgIpc) is 2.67. The van der Waals surface area contributed by atoms with Gasteiger partial charge in [-0.15, -0.1) is 17.0 Å². The third-order valence-electron chi connectivity index (χ3n) is 5.88. The summed E-state index contributed by atoms with van der Waals surface area (Å²) in [6.07, 6.45) is 3.67. The molecule has 0 aromatic heterocycles. The van der Waals surface area contributed by atoms with Gasteiger partial charge in [-0.25, -0.2) is 0 Å². The van der Waals surface area contributed by atoms with Gasteiger partial charge < -0.3 is 9.84 Å². The van der Waals surface area contributed by atoms with E-state index in [0.717, 1.165) is 17.5 Å². The number of hydrogen-bond donors (Lipinski definition) is 1. The van der Waals surface area contributed by atoms with E-state index in [9.17, 15) is 5.11 Å². The summed E-state index contributed by atoms with van der Waals surface area (Å²) in [5, 5.41) is 16.0. The predicted octanol–water partition coefficient (Wildman–Crippen LogP) is 4.60. The van der Waals surface area contributed by atoms with Gasteiger partial charge in [-0.3, -0.25) is 4.90 Å². The summed E-state index contributed by atoms with van der Waals surface area (Å²) in [6.45, 7) is 2.25. The van der Waals surface area contributed by atoms with Crippen LogP contribution in [0.1, 0.15) is 24.8 Å². The Balaban J connectivity index is 0.00000168. The quantitative estimate of drug-likeness (QED) is 0.591. The molecule has 3 aromatic rings. The first-order valence-electron chi connectivity index (χ1n) is 9.25. The van der Waals surface area contributed by atoms with Crippen LogP contribution >= 0.6 is 17.0 Å². The van der Waals surface area contributed by atoms with E-state index < -0.39 is 5.79 Å². The van der Waals surface area contributed by atoms with E-state index in [1.807, 2.05) is 6.07 Å². The number of morpholine rings is 1. The van der Waals surface area contributed by atoms with Crippen LogP contribution in [0.5, 0.6) is 0 Å². The Morgan fingerprint density at radius 3 is 2.69 bits per heavy atom. The molecule has 1 N–H and O–H groups in total. The van der Waals surface area contributed by atoms with Crippen LogP contribution < -0.4 is 0 Å². The predicted molar refractivity (Wildman–Crippen MR) is 111 cm³/mol. The molecular formula is C22H24BrNO2. The Kier molecular flexibility index (Phi) is 4.78. The van der Waals surface area contributed by atoms with Crippen LogP contribution in [0.4, 0.5) is 0 Å². The molecule has 0 amide bonds. The van der Waals surface area contributed by atoms with E-state index in [1.165, 1.54) is 35.4 Å². The SMILES string of the molecule is Br.OC1(c2ccc3c(ccc4ccccc43)c2)CN2CCCCC2CO1. The minimum absolute atomic E-state index is 0. The Labute approximate surface area is 164 Å². The van der Waals surface area contributed by atoms with Crippen molar-refractivity contribution in [3.8, 4) is 0 Å². The van der Waals surface area contributed by atoms with E-state index in [1.54, 1.807) is 0 Å². The highest BCUT2D eigenvalue weighted by atomic mass is 79.9. The van der Waals surface area contributed by atoms with Gasteiger partial charge in [-0.05, 0) is 47.0 Å². The van der Waals surface area contributed by atoms with E-state index in [4.69, 9.17) is 4.74 Å². The highest BCUT2D eigenvalue weighted by Gasteiger charge is 2.41. The van der Waals surface area contributed by atoms with Crippen LogP contribution in [-0.2, 0) is 10.5 Å². The van der Waals surface area contributed by atoms with Crippen LogP contribution in [0.3, 0.4) is 0 Å². The summed E-state index contributed by atoms with van der Waals surface area (Å²) in [6, 6.07) is 19.4. The molecule has 2 aliphatic rings. The number of benzene rings is 3. The van der Waals surface area contributed by atoms with E-state index in [-0.39, 0.29) is 17.0 Å². The Hall–Kier alpha value is -1.46. The van der Waals surface area contributed by atoms with Crippen molar-refractivity contribution in [2.45, 2.75) is 31.1 Å². The van der Waals surface area contributed by atoms with Crippen molar-refractivity contribution < 1.29 is 9.84 Å². The second-order valence-electron chi connectivity index (χ2n) is 7.44. The van der Waals surface area contributed by atoms with Crippen molar-refractivity contribution in [2.75, 3.05) is 19.7 Å². The maximum Gasteiger partial charge on any atom is 0.205 e. The molecule has 0 aliphatic carbocycles. The molecule has 26 heavy (non-hydrogen) atoms. The number of piperidine rings is 1. The molecule has 5 rings (SSSR count). The molecular weight excluding hydrogens is 390 g/mol. The Morgan fingerprint density at radius 2 is 1.77 bits per heavy atom. The van der Waals surface area contributed by atoms with Gasteiger partial charge in [0.25, 0.3) is 0 Å². The summed E-state index contributed by atoms with van der Waals surface area (Å²) in [5.74, 6) is -1.20. The van der Waals surface area contributed by atoms with Gasteiger partial charge in [0.2, 0.25) is 5.79 Å². The minimum atomic E-state index is -1.20. The van der Waals surface area contributed by atoms with Crippen molar-refractivity contribution >= 4 is 38.5 Å². The van der Waals surface area contributed by atoms with E-state index in [2.05, 4.69) is 53.4 Å². The van der Waals surface area contributed by atoms with Crippen LogP contribution in [0.15, 0.2) is 54.6 Å². The maximum atomic E-state index is 11.2. The molecule has 2 unspecified atom stereocenters. The lowest BCUT2D eigenvalue weighted by molar-refractivity contribution is -0.264. The fourth-order valence-electron chi connectivity index (χ4n) is 4.44. The van der Waals surface area contributed by atoms with Crippen molar-refractivity contribution in [1.82, 2.24) is 4.90 Å². The lowest BCUT2D eigenvalue weighted by Gasteiger charge is -2.46. The molecule has 136 valence electrons. The standard InChI is InChI=1S/C22H23NO2.BrH/c24-22(15-23-12-4-3-6-19(23)14-25-22)18-10-11-21-17(13-18)9-8-16-5-1-2-7-20(16)21;/h1-2,5,7-11,13,19,24H,3-4,6,12,14-15H2;1H. The number of fused-ring (bicyclic) bond motifs is 4. The molecule has 4 heteroatoms. The van der Waals surface area contributed by atoms with Gasteiger partial charge in [-0.1, -0.05) is 55.0 Å². The first-order chi connectivity index (χ1) is 12.2. The fraction of sp³-hybridized carbons (Fsp3) is 0.364. The highest BCUT2D eigenvalue weighted by Crippen LogP contribution is 2.35. The fourth-order valence-corrected chi connectivity index (χ4v) is 4.44. The number of nitrogens with zero attached hydrogens (tertiary/aromatic N) is 1. The van der Waals surface area contributed by atoms with Crippen molar-refractivity contribution in [3.63, 3.8) is 0 Å². The lowest BCUT2D eigenvalue weighted by atomic mass is 9.94. The summed E-state index contributed by atoms with van der Waals surface area (Å²) >= 11 is 0. The van der Waals surface area contributed by atoms with Gasteiger partial charge in [0.15, 0.2) is 0 Å². The summed E-state index contributed by atoms with van der Waals surface area (Å²) < 4.78 is 5.97. The molecule has 2 heterocycles. The third kappa shape index (κ3) is 2.95. The minimum Gasteiger partial charge on any atom is -0.361 e. The van der Waals surface area contributed by atoms with Gasteiger partial charge in [0.05, 0.1) is 13.2 Å². The average molecular weight is 414 g/mol. The van der Waals surface area contributed by atoms with Crippen molar-refractivity contribution in [3.05, 3.63) is 60.2 Å². The largest absolute Gasteiger partial charge is 0.361 e. The number of ether oxygens (including phenoxy) is 1. The third-order valence-corrected chi connectivity index (χ3v) is 5.88. The summed E-state index contributed by atoms with van der Waals surface area (Å²) in [4.78, 5) is 2.40. The van der Waals surface area contributed by atoms with E-state index in [0.29, 0.717) is 19.2 Å². The lowest BCUT2D eigenvalue weighted by Crippen LogP contribution is -2.56. The van der Waals surface area contributed by atoms with Crippen LogP contribution in [0.2, 0.25) is 0 Å². The molecule has 2 atom stereocenters. The zero-order chi connectivity index (χ0) is 16.9. The van der Waals surface area contributed by atoms with Crippen LogP contribution in [-0.4, -0.2) is 35.7 Å². The highest BCUT2D eigenvalue weighted by molar-refractivity contribution is 8.93. The molecule has 3 nitrogen and oxygen atoms in total. The first kappa shape index (κ1) is 17.9. The topological polar surface area (TPSA) is 32.7 Å². The van der Waals surface area contributed by atoms with E-state index >= 15 is 0 Å². The maximum absolute atomic E-state index is 11.2. The van der Waals surface area contributed by atoms with Crippen LogP contribution in [0, 0.1) is 0 Å². The zero-order valence-electron chi connectivity index (χ0n) is 14.7. The molecule has 2 aliphatic heterocycles. The normalized spacial score (nSPS) is 26.4. The molecule has 0 saturated carbocycles. The monoisotopic (exact) mass is 413 g/mol. The van der Waals surface area contributed by atoms with Crippen molar-refractivity contribution in [1.29, 1.82) is 0 Å². The molecule has 2 fully saturated rings. The smallest absolute Gasteiger partial charge is 0.205 e. The summed E-state index contributed by atoms with van der Waals surface area (Å²) in [5.41, 5.74) is 0.860. The second-order valence-corrected chi connectivity index (χ2v) is 7.44.